The number of rotatable bonds is 4. The van der Waals surface area contributed by atoms with Crippen LogP contribution in [-0.2, 0) is 6.54 Å². The average Bonchev–Trinajstić information content (AvgIpc) is 3.04. The standard InChI is InChI=1S/C13H16N4O2/c18-13(19)9-5-6-12-15-11(16-17(12)8-9)7-14-10-3-1-2-4-10/h5-6,8,10,14H,1-4,7H2,(H,18,19). The van der Waals surface area contributed by atoms with E-state index < -0.39 is 5.97 Å². The minimum absolute atomic E-state index is 0.215. The minimum atomic E-state index is -0.956. The van der Waals surface area contributed by atoms with Gasteiger partial charge in [-0.15, -0.1) is 5.10 Å². The molecule has 19 heavy (non-hydrogen) atoms. The predicted molar refractivity (Wildman–Crippen MR) is 69.0 cm³/mol. The molecule has 1 saturated carbocycles. The van der Waals surface area contributed by atoms with E-state index in [4.69, 9.17) is 5.11 Å². The predicted octanol–water partition coefficient (Wildman–Crippen LogP) is 1.46. The number of hydrogen-bond acceptors (Lipinski definition) is 4. The molecule has 0 saturated heterocycles. The van der Waals surface area contributed by atoms with Crippen molar-refractivity contribution < 1.29 is 9.90 Å². The molecule has 0 bridgehead atoms. The molecule has 1 aliphatic rings. The van der Waals surface area contributed by atoms with Crippen molar-refractivity contribution in [2.75, 3.05) is 0 Å². The second-order valence-electron chi connectivity index (χ2n) is 4.92. The molecule has 0 aromatic carbocycles. The van der Waals surface area contributed by atoms with Crippen LogP contribution in [0.1, 0.15) is 41.9 Å². The average molecular weight is 260 g/mol. The van der Waals surface area contributed by atoms with Crippen LogP contribution in [-0.4, -0.2) is 31.7 Å². The lowest BCUT2D eigenvalue weighted by Crippen LogP contribution is -2.25. The number of carbonyl (C=O) groups is 1. The van der Waals surface area contributed by atoms with E-state index in [1.165, 1.54) is 36.4 Å². The molecule has 0 unspecified atom stereocenters. The van der Waals surface area contributed by atoms with E-state index in [1.807, 2.05) is 0 Å². The topological polar surface area (TPSA) is 79.5 Å². The van der Waals surface area contributed by atoms with Gasteiger partial charge in [0.1, 0.15) is 0 Å². The minimum Gasteiger partial charge on any atom is -0.478 e. The van der Waals surface area contributed by atoms with Crippen LogP contribution in [0.2, 0.25) is 0 Å². The van der Waals surface area contributed by atoms with Crippen LogP contribution in [0.3, 0.4) is 0 Å². The Balaban J connectivity index is 1.75. The maximum absolute atomic E-state index is 10.9. The number of hydrogen-bond donors (Lipinski definition) is 2. The summed E-state index contributed by atoms with van der Waals surface area (Å²) in [6.07, 6.45) is 6.51. The van der Waals surface area contributed by atoms with Gasteiger partial charge in [0.2, 0.25) is 0 Å². The fourth-order valence-electron chi connectivity index (χ4n) is 2.50. The van der Waals surface area contributed by atoms with Crippen molar-refractivity contribution in [3.05, 3.63) is 29.7 Å². The molecular formula is C13H16N4O2. The molecule has 0 spiro atoms. The second-order valence-corrected chi connectivity index (χ2v) is 4.92. The van der Waals surface area contributed by atoms with E-state index >= 15 is 0 Å². The van der Waals surface area contributed by atoms with Gasteiger partial charge < -0.3 is 10.4 Å². The van der Waals surface area contributed by atoms with E-state index in [-0.39, 0.29) is 5.56 Å². The number of aromatic carboxylic acids is 1. The lowest BCUT2D eigenvalue weighted by molar-refractivity contribution is 0.0696. The zero-order chi connectivity index (χ0) is 13.2. The molecule has 6 nitrogen and oxygen atoms in total. The first kappa shape index (κ1) is 12.1. The number of carboxylic acids is 1. The number of pyridine rings is 1. The first-order chi connectivity index (χ1) is 9.22. The third-order valence-corrected chi connectivity index (χ3v) is 3.53. The Bertz CT molecular complexity index is 602. The smallest absolute Gasteiger partial charge is 0.337 e. The largest absolute Gasteiger partial charge is 0.478 e. The number of carboxylic acid groups (broad SMARTS) is 1. The Hall–Kier alpha value is -1.95. The summed E-state index contributed by atoms with van der Waals surface area (Å²) in [5.41, 5.74) is 0.890. The quantitative estimate of drug-likeness (QED) is 0.870. The molecule has 3 rings (SSSR count). The zero-order valence-electron chi connectivity index (χ0n) is 10.5. The van der Waals surface area contributed by atoms with Crippen LogP contribution in [0.4, 0.5) is 0 Å². The summed E-state index contributed by atoms with van der Waals surface area (Å²) < 4.78 is 1.52. The summed E-state index contributed by atoms with van der Waals surface area (Å²) in [5.74, 6) is -0.252. The molecule has 0 atom stereocenters. The normalized spacial score (nSPS) is 16.2. The molecule has 0 aliphatic heterocycles. The van der Waals surface area contributed by atoms with Gasteiger partial charge in [-0.05, 0) is 25.0 Å². The van der Waals surface area contributed by atoms with Crippen LogP contribution in [0.25, 0.3) is 5.65 Å². The summed E-state index contributed by atoms with van der Waals surface area (Å²) >= 11 is 0. The maximum Gasteiger partial charge on any atom is 0.337 e. The SMILES string of the molecule is O=C(O)c1ccc2nc(CNC3CCCC3)nn2c1. The highest BCUT2D eigenvalue weighted by molar-refractivity contribution is 5.87. The van der Waals surface area contributed by atoms with Crippen LogP contribution in [0.15, 0.2) is 18.3 Å². The van der Waals surface area contributed by atoms with Gasteiger partial charge in [0, 0.05) is 12.2 Å². The van der Waals surface area contributed by atoms with Gasteiger partial charge in [-0.3, -0.25) is 0 Å². The van der Waals surface area contributed by atoms with E-state index in [2.05, 4.69) is 15.4 Å². The van der Waals surface area contributed by atoms with Crippen LogP contribution in [0, 0.1) is 0 Å². The Morgan fingerprint density at radius 2 is 2.21 bits per heavy atom. The summed E-state index contributed by atoms with van der Waals surface area (Å²) in [4.78, 5) is 15.2. The van der Waals surface area contributed by atoms with Gasteiger partial charge in [0.25, 0.3) is 0 Å². The van der Waals surface area contributed by atoms with Crippen molar-refractivity contribution in [2.45, 2.75) is 38.3 Å². The van der Waals surface area contributed by atoms with Gasteiger partial charge in [0.05, 0.1) is 12.1 Å². The highest BCUT2D eigenvalue weighted by atomic mass is 16.4. The zero-order valence-corrected chi connectivity index (χ0v) is 10.5. The fourth-order valence-corrected chi connectivity index (χ4v) is 2.50. The molecule has 2 aromatic rings. The number of fused-ring (bicyclic) bond motifs is 1. The molecule has 1 fully saturated rings. The van der Waals surface area contributed by atoms with Crippen molar-refractivity contribution >= 4 is 11.6 Å². The Morgan fingerprint density at radius 1 is 1.42 bits per heavy atom. The lowest BCUT2D eigenvalue weighted by atomic mass is 10.2. The van der Waals surface area contributed by atoms with Crippen LogP contribution in [0.5, 0.6) is 0 Å². The third kappa shape index (κ3) is 2.58. The first-order valence-electron chi connectivity index (χ1n) is 6.54. The second kappa shape index (κ2) is 4.97. The van der Waals surface area contributed by atoms with E-state index in [0.717, 1.165) is 0 Å². The molecule has 6 heteroatoms. The molecule has 2 heterocycles. The Kier molecular flexibility index (Phi) is 3.16. The summed E-state index contributed by atoms with van der Waals surface area (Å²) in [6.45, 7) is 0.634. The Morgan fingerprint density at radius 3 is 2.95 bits per heavy atom. The fraction of sp³-hybridized carbons (Fsp3) is 0.462. The van der Waals surface area contributed by atoms with Crippen LogP contribution >= 0.6 is 0 Å². The van der Waals surface area contributed by atoms with Crippen molar-refractivity contribution in [3.8, 4) is 0 Å². The van der Waals surface area contributed by atoms with Crippen molar-refractivity contribution in [3.63, 3.8) is 0 Å². The van der Waals surface area contributed by atoms with E-state index in [0.29, 0.717) is 24.1 Å². The molecular weight excluding hydrogens is 244 g/mol. The Labute approximate surface area is 110 Å². The highest BCUT2D eigenvalue weighted by Crippen LogP contribution is 2.17. The van der Waals surface area contributed by atoms with Gasteiger partial charge in [-0.1, -0.05) is 12.8 Å². The van der Waals surface area contributed by atoms with Crippen molar-refractivity contribution in [2.24, 2.45) is 0 Å². The third-order valence-electron chi connectivity index (χ3n) is 3.53. The van der Waals surface area contributed by atoms with Crippen LogP contribution < -0.4 is 5.32 Å². The molecule has 0 amide bonds. The monoisotopic (exact) mass is 260 g/mol. The lowest BCUT2D eigenvalue weighted by Gasteiger charge is -2.08. The molecule has 2 N–H and O–H groups in total. The van der Waals surface area contributed by atoms with Gasteiger partial charge in [-0.25, -0.2) is 14.3 Å². The first-order valence-corrected chi connectivity index (χ1v) is 6.54. The number of nitrogens with zero attached hydrogens (tertiary/aromatic N) is 3. The molecule has 100 valence electrons. The summed E-state index contributed by atoms with van der Waals surface area (Å²) in [7, 11) is 0. The maximum atomic E-state index is 10.9. The van der Waals surface area contributed by atoms with Gasteiger partial charge in [-0.2, -0.15) is 0 Å². The summed E-state index contributed by atoms with van der Waals surface area (Å²) in [6, 6.07) is 3.79. The highest BCUT2D eigenvalue weighted by Gasteiger charge is 2.15. The van der Waals surface area contributed by atoms with Gasteiger partial charge in [0.15, 0.2) is 11.5 Å². The molecule has 0 radical (unpaired) electrons. The number of aromatic nitrogens is 3. The van der Waals surface area contributed by atoms with Gasteiger partial charge >= 0.3 is 5.97 Å². The van der Waals surface area contributed by atoms with Crippen molar-refractivity contribution in [1.82, 2.24) is 19.9 Å². The number of nitrogens with one attached hydrogen (secondary N) is 1. The van der Waals surface area contributed by atoms with Crippen molar-refractivity contribution in [1.29, 1.82) is 0 Å². The molecule has 1 aliphatic carbocycles. The van der Waals surface area contributed by atoms with E-state index in [9.17, 15) is 4.79 Å². The van der Waals surface area contributed by atoms with E-state index in [1.54, 1.807) is 12.1 Å². The summed E-state index contributed by atoms with van der Waals surface area (Å²) in [5, 5.41) is 16.7. The molecule has 2 aromatic heterocycles.